The van der Waals surface area contributed by atoms with Crippen molar-refractivity contribution in [2.75, 3.05) is 19.4 Å². The maximum atomic E-state index is 13.2. The molecule has 1 unspecified atom stereocenters. The highest BCUT2D eigenvalue weighted by atomic mass is 32.2. The topological polar surface area (TPSA) is 64.6 Å². The van der Waals surface area contributed by atoms with Gasteiger partial charge in [0.05, 0.1) is 7.11 Å². The fourth-order valence-electron chi connectivity index (χ4n) is 2.44. The van der Waals surface area contributed by atoms with Crippen LogP contribution in [0.1, 0.15) is 18.4 Å². The second-order valence-corrected chi connectivity index (χ2v) is 6.88. The van der Waals surface area contributed by atoms with Crippen LogP contribution in [-0.2, 0) is 20.1 Å². The van der Waals surface area contributed by atoms with Gasteiger partial charge in [0, 0.05) is 11.5 Å². The van der Waals surface area contributed by atoms with Crippen LogP contribution < -0.4 is 10.1 Å². The van der Waals surface area contributed by atoms with E-state index in [0.29, 0.717) is 30.9 Å². The number of esters is 2. The number of methoxy groups -OCH3 is 1. The number of nitrogens with one attached hydrogen (secondary N) is 1. The van der Waals surface area contributed by atoms with Crippen molar-refractivity contribution < 1.29 is 32.2 Å². The van der Waals surface area contributed by atoms with Gasteiger partial charge in [0.25, 0.3) is 0 Å². The predicted molar refractivity (Wildman–Crippen MR) is 90.8 cm³/mol. The first-order chi connectivity index (χ1) is 12.3. The average molecular weight is 391 g/mol. The number of halogens is 3. The van der Waals surface area contributed by atoms with E-state index in [0.717, 1.165) is 17.3 Å². The normalized spacial score (nSPS) is 18.4. The standard InChI is InChI=1S/C17H20F3NO4S/c1-24-12-6-4-11(5-7-12)9-26-10-13(17(18,19)20)15(22)25-16(23)14-3-2-8-21-14/h4-7,13-14,21H,2-3,8-10H2,1H3/t13?,14-/m0/s1. The third-order valence-corrected chi connectivity index (χ3v) is 5.04. The van der Waals surface area contributed by atoms with E-state index in [4.69, 9.17) is 4.74 Å². The Morgan fingerprint density at radius 1 is 1.31 bits per heavy atom. The molecule has 1 aliphatic rings. The van der Waals surface area contributed by atoms with Crippen LogP contribution >= 0.6 is 11.8 Å². The van der Waals surface area contributed by atoms with E-state index in [9.17, 15) is 22.8 Å². The minimum absolute atomic E-state index is 0.294. The molecular weight excluding hydrogens is 371 g/mol. The molecule has 26 heavy (non-hydrogen) atoms. The second-order valence-electron chi connectivity index (χ2n) is 5.85. The van der Waals surface area contributed by atoms with Crippen LogP contribution in [-0.4, -0.2) is 43.6 Å². The van der Waals surface area contributed by atoms with Crippen molar-refractivity contribution in [1.82, 2.24) is 5.32 Å². The summed E-state index contributed by atoms with van der Waals surface area (Å²) in [6.07, 6.45) is -3.60. The minimum Gasteiger partial charge on any atom is -0.497 e. The summed E-state index contributed by atoms with van der Waals surface area (Å²) in [5.74, 6) is -4.40. The van der Waals surface area contributed by atoms with Crippen LogP contribution in [0.3, 0.4) is 0 Å². The molecule has 1 N–H and O–H groups in total. The molecule has 2 rings (SSSR count). The van der Waals surface area contributed by atoms with Gasteiger partial charge in [0.1, 0.15) is 11.8 Å². The van der Waals surface area contributed by atoms with E-state index in [2.05, 4.69) is 10.1 Å². The highest BCUT2D eigenvalue weighted by Crippen LogP contribution is 2.31. The first kappa shape index (κ1) is 20.6. The highest BCUT2D eigenvalue weighted by Gasteiger charge is 2.47. The molecule has 5 nitrogen and oxygen atoms in total. The van der Waals surface area contributed by atoms with Crippen molar-refractivity contribution in [2.45, 2.75) is 30.8 Å². The van der Waals surface area contributed by atoms with Gasteiger partial charge in [-0.2, -0.15) is 24.9 Å². The van der Waals surface area contributed by atoms with E-state index in [-0.39, 0.29) is 0 Å². The van der Waals surface area contributed by atoms with E-state index < -0.39 is 35.8 Å². The third kappa shape index (κ3) is 5.91. The first-order valence-electron chi connectivity index (χ1n) is 8.07. The average Bonchev–Trinajstić information content (AvgIpc) is 3.12. The Labute approximate surface area is 153 Å². The second kappa shape index (κ2) is 9.27. The Morgan fingerprint density at radius 2 is 2.00 bits per heavy atom. The van der Waals surface area contributed by atoms with Gasteiger partial charge in [-0.05, 0) is 37.1 Å². The highest BCUT2D eigenvalue weighted by molar-refractivity contribution is 7.98. The van der Waals surface area contributed by atoms with Crippen LogP contribution in [0.25, 0.3) is 0 Å². The molecule has 0 bridgehead atoms. The van der Waals surface area contributed by atoms with Gasteiger partial charge in [-0.15, -0.1) is 0 Å². The van der Waals surface area contributed by atoms with Crippen LogP contribution in [0.5, 0.6) is 5.75 Å². The quantitative estimate of drug-likeness (QED) is 0.570. The number of alkyl halides is 3. The third-order valence-electron chi connectivity index (χ3n) is 3.94. The summed E-state index contributed by atoms with van der Waals surface area (Å²) in [6, 6.07) is 6.18. The molecule has 144 valence electrons. The molecule has 1 heterocycles. The Bertz CT molecular complexity index is 615. The zero-order valence-electron chi connectivity index (χ0n) is 14.2. The Hall–Kier alpha value is -1.74. The van der Waals surface area contributed by atoms with Gasteiger partial charge in [-0.1, -0.05) is 12.1 Å². The van der Waals surface area contributed by atoms with Gasteiger partial charge in [0.2, 0.25) is 0 Å². The van der Waals surface area contributed by atoms with E-state index in [1.54, 1.807) is 24.3 Å². The number of ether oxygens (including phenoxy) is 2. The summed E-state index contributed by atoms with van der Waals surface area (Å²) in [7, 11) is 1.52. The molecular formula is C17H20F3NO4S. The number of carbonyl (C=O) groups is 2. The van der Waals surface area contributed by atoms with Crippen LogP contribution in [0, 0.1) is 5.92 Å². The molecule has 0 aliphatic carbocycles. The number of rotatable bonds is 7. The summed E-state index contributed by atoms with van der Waals surface area (Å²) in [5.41, 5.74) is 0.802. The summed E-state index contributed by atoms with van der Waals surface area (Å²) < 4.78 is 49.0. The van der Waals surface area contributed by atoms with Gasteiger partial charge in [-0.25, -0.2) is 4.79 Å². The molecule has 1 aromatic carbocycles. The lowest BCUT2D eigenvalue weighted by molar-refractivity contribution is -0.195. The number of benzene rings is 1. The molecule has 2 atom stereocenters. The van der Waals surface area contributed by atoms with Crippen molar-refractivity contribution in [3.8, 4) is 5.75 Å². The van der Waals surface area contributed by atoms with Crippen LogP contribution in [0.2, 0.25) is 0 Å². The van der Waals surface area contributed by atoms with Crippen LogP contribution in [0.4, 0.5) is 13.2 Å². The summed E-state index contributed by atoms with van der Waals surface area (Å²) in [4.78, 5) is 23.6. The van der Waals surface area contributed by atoms with Crippen molar-refractivity contribution in [3.63, 3.8) is 0 Å². The fraction of sp³-hybridized carbons (Fsp3) is 0.529. The van der Waals surface area contributed by atoms with Crippen molar-refractivity contribution in [2.24, 2.45) is 5.92 Å². The minimum atomic E-state index is -4.77. The first-order valence-corrected chi connectivity index (χ1v) is 9.23. The van der Waals surface area contributed by atoms with Crippen LogP contribution in [0.15, 0.2) is 24.3 Å². The molecule has 0 radical (unpaired) electrons. The predicted octanol–water partition coefficient (Wildman–Crippen LogP) is 2.93. The number of carbonyl (C=O) groups excluding carboxylic acids is 2. The largest absolute Gasteiger partial charge is 0.497 e. The summed E-state index contributed by atoms with van der Waals surface area (Å²) in [6.45, 7) is 0.578. The maximum absolute atomic E-state index is 13.2. The number of hydrogen-bond acceptors (Lipinski definition) is 6. The SMILES string of the molecule is COc1ccc(CSCC(C(=O)OC(=O)[C@@H]2CCCN2)C(F)(F)F)cc1. The summed E-state index contributed by atoms with van der Waals surface area (Å²) in [5, 5.41) is 2.79. The lowest BCUT2D eigenvalue weighted by Gasteiger charge is -2.19. The van der Waals surface area contributed by atoms with Gasteiger partial charge < -0.3 is 14.8 Å². The maximum Gasteiger partial charge on any atom is 0.403 e. The molecule has 0 saturated carbocycles. The molecule has 0 aromatic heterocycles. The Morgan fingerprint density at radius 3 is 2.54 bits per heavy atom. The van der Waals surface area contributed by atoms with Gasteiger partial charge >= 0.3 is 18.1 Å². The van der Waals surface area contributed by atoms with E-state index in [1.807, 2.05) is 0 Å². The van der Waals surface area contributed by atoms with Gasteiger partial charge in [-0.3, -0.25) is 4.79 Å². The molecule has 1 aromatic rings. The molecule has 0 spiro atoms. The van der Waals surface area contributed by atoms with Crippen molar-refractivity contribution >= 4 is 23.7 Å². The van der Waals surface area contributed by atoms with E-state index >= 15 is 0 Å². The smallest absolute Gasteiger partial charge is 0.403 e. The zero-order chi connectivity index (χ0) is 19.2. The summed E-state index contributed by atoms with van der Waals surface area (Å²) >= 11 is 0.954. The molecule has 0 amide bonds. The molecule has 1 fully saturated rings. The van der Waals surface area contributed by atoms with Gasteiger partial charge in [0.15, 0.2) is 5.92 Å². The monoisotopic (exact) mass is 391 g/mol. The fourth-order valence-corrected chi connectivity index (χ4v) is 3.55. The number of thioether (sulfide) groups is 1. The lowest BCUT2D eigenvalue weighted by Crippen LogP contribution is -2.39. The Balaban J connectivity index is 1.89. The molecule has 9 heteroatoms. The Kier molecular flexibility index (Phi) is 7.33. The van der Waals surface area contributed by atoms with E-state index in [1.165, 1.54) is 7.11 Å². The zero-order valence-corrected chi connectivity index (χ0v) is 15.0. The molecule has 1 aliphatic heterocycles. The lowest BCUT2D eigenvalue weighted by atomic mass is 10.2. The number of hydrogen-bond donors (Lipinski definition) is 1. The molecule has 1 saturated heterocycles. The van der Waals surface area contributed by atoms with Crippen molar-refractivity contribution in [3.05, 3.63) is 29.8 Å². The van der Waals surface area contributed by atoms with Crippen molar-refractivity contribution in [1.29, 1.82) is 0 Å².